The van der Waals surface area contributed by atoms with E-state index in [1.807, 2.05) is 0 Å². The highest BCUT2D eigenvalue weighted by molar-refractivity contribution is 5.05. The fourth-order valence-corrected chi connectivity index (χ4v) is 3.30. The van der Waals surface area contributed by atoms with Gasteiger partial charge in [0, 0.05) is 19.1 Å². The SMILES string of the molecule is CNC1CCN(CCC2=CCCCC2)CC1C. The van der Waals surface area contributed by atoms with Gasteiger partial charge >= 0.3 is 0 Å². The molecule has 0 radical (unpaired) electrons. The van der Waals surface area contributed by atoms with Crippen molar-refractivity contribution >= 4 is 0 Å². The van der Waals surface area contributed by atoms with E-state index in [0.29, 0.717) is 0 Å². The first-order valence-corrected chi connectivity index (χ1v) is 7.37. The van der Waals surface area contributed by atoms with E-state index in [1.165, 1.54) is 58.2 Å². The van der Waals surface area contributed by atoms with Crippen LogP contribution in [0.1, 0.15) is 45.4 Å². The fraction of sp³-hybridized carbons (Fsp3) is 0.867. The average molecular weight is 236 g/mol. The van der Waals surface area contributed by atoms with Crippen LogP contribution in [0, 0.1) is 5.92 Å². The molecule has 1 fully saturated rings. The lowest BCUT2D eigenvalue weighted by molar-refractivity contribution is 0.152. The molecular weight excluding hydrogens is 208 g/mol. The summed E-state index contributed by atoms with van der Waals surface area (Å²) in [4.78, 5) is 2.66. The number of piperidine rings is 1. The molecular formula is C15H28N2. The lowest BCUT2D eigenvalue weighted by atomic mass is 9.93. The molecule has 17 heavy (non-hydrogen) atoms. The Morgan fingerprint density at radius 2 is 2.29 bits per heavy atom. The van der Waals surface area contributed by atoms with Crippen molar-refractivity contribution in [1.29, 1.82) is 0 Å². The molecule has 2 rings (SSSR count). The Hall–Kier alpha value is -0.340. The number of nitrogens with one attached hydrogen (secondary N) is 1. The molecule has 0 aromatic carbocycles. The lowest BCUT2D eigenvalue weighted by Crippen LogP contribution is -2.47. The van der Waals surface area contributed by atoms with E-state index >= 15 is 0 Å². The first kappa shape index (κ1) is 13.1. The first-order valence-electron chi connectivity index (χ1n) is 7.37. The molecule has 1 aliphatic carbocycles. The molecule has 2 nitrogen and oxygen atoms in total. The Bertz CT molecular complexity index is 260. The highest BCUT2D eigenvalue weighted by Crippen LogP contribution is 2.22. The summed E-state index contributed by atoms with van der Waals surface area (Å²) in [5.41, 5.74) is 1.72. The smallest absolute Gasteiger partial charge is 0.0114 e. The van der Waals surface area contributed by atoms with E-state index in [4.69, 9.17) is 0 Å². The topological polar surface area (TPSA) is 15.3 Å². The maximum Gasteiger partial charge on any atom is 0.0114 e. The van der Waals surface area contributed by atoms with Gasteiger partial charge in [0.25, 0.3) is 0 Å². The van der Waals surface area contributed by atoms with Crippen LogP contribution in [0.3, 0.4) is 0 Å². The van der Waals surface area contributed by atoms with Gasteiger partial charge in [-0.25, -0.2) is 0 Å². The van der Waals surface area contributed by atoms with Gasteiger partial charge in [0.1, 0.15) is 0 Å². The van der Waals surface area contributed by atoms with Crippen molar-refractivity contribution in [3.05, 3.63) is 11.6 Å². The van der Waals surface area contributed by atoms with E-state index in [0.717, 1.165) is 12.0 Å². The van der Waals surface area contributed by atoms with Gasteiger partial charge in [-0.3, -0.25) is 0 Å². The van der Waals surface area contributed by atoms with Crippen LogP contribution in [0.2, 0.25) is 0 Å². The van der Waals surface area contributed by atoms with Gasteiger partial charge in [0.15, 0.2) is 0 Å². The van der Waals surface area contributed by atoms with Crippen LogP contribution >= 0.6 is 0 Å². The van der Waals surface area contributed by atoms with Crippen LogP contribution in [0.25, 0.3) is 0 Å². The molecule has 2 unspecified atom stereocenters. The van der Waals surface area contributed by atoms with Crippen molar-refractivity contribution in [1.82, 2.24) is 10.2 Å². The normalized spacial score (nSPS) is 31.3. The number of hydrogen-bond donors (Lipinski definition) is 1. The molecule has 0 amide bonds. The van der Waals surface area contributed by atoms with Crippen molar-refractivity contribution in [3.63, 3.8) is 0 Å². The quantitative estimate of drug-likeness (QED) is 0.755. The zero-order valence-electron chi connectivity index (χ0n) is 11.5. The van der Waals surface area contributed by atoms with E-state index in [-0.39, 0.29) is 0 Å². The maximum absolute atomic E-state index is 3.44. The Morgan fingerprint density at radius 3 is 2.94 bits per heavy atom. The van der Waals surface area contributed by atoms with Crippen molar-refractivity contribution in [2.75, 3.05) is 26.7 Å². The lowest BCUT2D eigenvalue weighted by Gasteiger charge is -2.37. The molecule has 2 atom stereocenters. The number of hydrogen-bond acceptors (Lipinski definition) is 2. The van der Waals surface area contributed by atoms with Gasteiger partial charge in [-0.2, -0.15) is 0 Å². The molecule has 98 valence electrons. The summed E-state index contributed by atoms with van der Waals surface area (Å²) in [7, 11) is 2.10. The van der Waals surface area contributed by atoms with E-state index in [2.05, 4.69) is 30.3 Å². The van der Waals surface area contributed by atoms with Gasteiger partial charge in [0.05, 0.1) is 0 Å². The van der Waals surface area contributed by atoms with Crippen LogP contribution in [-0.2, 0) is 0 Å². The van der Waals surface area contributed by atoms with Gasteiger partial charge in [-0.05, 0) is 58.0 Å². The number of nitrogens with zero attached hydrogens (tertiary/aromatic N) is 1. The number of likely N-dealkylation sites (tertiary alicyclic amines) is 1. The highest BCUT2D eigenvalue weighted by atomic mass is 15.1. The fourth-order valence-electron chi connectivity index (χ4n) is 3.30. The minimum atomic E-state index is 0.736. The Balaban J connectivity index is 1.71. The van der Waals surface area contributed by atoms with Gasteiger partial charge in [0.2, 0.25) is 0 Å². The zero-order valence-corrected chi connectivity index (χ0v) is 11.5. The highest BCUT2D eigenvalue weighted by Gasteiger charge is 2.24. The molecule has 0 aromatic heterocycles. The largest absolute Gasteiger partial charge is 0.317 e. The van der Waals surface area contributed by atoms with E-state index in [9.17, 15) is 0 Å². The van der Waals surface area contributed by atoms with E-state index < -0.39 is 0 Å². The summed E-state index contributed by atoms with van der Waals surface area (Å²) in [5, 5.41) is 3.44. The minimum Gasteiger partial charge on any atom is -0.317 e. The molecule has 2 aliphatic rings. The second kappa shape index (κ2) is 6.55. The van der Waals surface area contributed by atoms with Crippen LogP contribution in [0.15, 0.2) is 11.6 Å². The third-order valence-corrected chi connectivity index (χ3v) is 4.49. The van der Waals surface area contributed by atoms with Gasteiger partial charge in [-0.1, -0.05) is 18.6 Å². The Labute approximate surface area is 106 Å². The molecule has 0 bridgehead atoms. The maximum atomic E-state index is 3.44. The van der Waals surface area contributed by atoms with Crippen molar-refractivity contribution in [2.45, 2.75) is 51.5 Å². The van der Waals surface area contributed by atoms with Crippen molar-refractivity contribution < 1.29 is 0 Å². The Kier molecular flexibility index (Phi) is 5.05. The molecule has 0 spiro atoms. The van der Waals surface area contributed by atoms with Crippen molar-refractivity contribution in [2.24, 2.45) is 5.92 Å². The third-order valence-electron chi connectivity index (χ3n) is 4.49. The summed E-state index contributed by atoms with van der Waals surface area (Å²) in [6, 6.07) is 0.736. The molecule has 0 aromatic rings. The summed E-state index contributed by atoms with van der Waals surface area (Å²) in [6.07, 6.45) is 10.6. The predicted molar refractivity (Wildman–Crippen MR) is 74.2 cm³/mol. The van der Waals surface area contributed by atoms with Crippen LogP contribution in [0.4, 0.5) is 0 Å². The zero-order chi connectivity index (χ0) is 12.1. The van der Waals surface area contributed by atoms with Crippen LogP contribution in [-0.4, -0.2) is 37.6 Å². The third kappa shape index (κ3) is 3.82. The second-order valence-corrected chi connectivity index (χ2v) is 5.82. The van der Waals surface area contributed by atoms with Crippen LogP contribution in [0.5, 0.6) is 0 Å². The predicted octanol–water partition coefficient (Wildman–Crippen LogP) is 2.81. The molecule has 1 aliphatic heterocycles. The van der Waals surface area contributed by atoms with Crippen molar-refractivity contribution in [3.8, 4) is 0 Å². The Morgan fingerprint density at radius 1 is 1.41 bits per heavy atom. The average Bonchev–Trinajstić information content (AvgIpc) is 2.38. The number of rotatable bonds is 4. The summed E-state index contributed by atoms with van der Waals surface area (Å²) in [6.45, 7) is 6.22. The molecule has 1 N–H and O–H groups in total. The number of allylic oxidation sites excluding steroid dienone is 1. The first-order chi connectivity index (χ1) is 8.29. The monoisotopic (exact) mass is 236 g/mol. The van der Waals surface area contributed by atoms with Gasteiger partial charge in [-0.15, -0.1) is 0 Å². The summed E-state index contributed by atoms with van der Waals surface area (Å²) >= 11 is 0. The minimum absolute atomic E-state index is 0.736. The molecule has 1 saturated heterocycles. The summed E-state index contributed by atoms with van der Waals surface area (Å²) < 4.78 is 0. The van der Waals surface area contributed by atoms with E-state index in [1.54, 1.807) is 5.57 Å². The molecule has 0 saturated carbocycles. The molecule has 2 heteroatoms. The standard InChI is InChI=1S/C15H28N2/c1-13-12-17(11-9-15(13)16-2)10-8-14-6-4-3-5-7-14/h6,13,15-16H,3-5,7-12H2,1-2H3. The molecule has 1 heterocycles. The van der Waals surface area contributed by atoms with Crippen LogP contribution < -0.4 is 5.32 Å². The second-order valence-electron chi connectivity index (χ2n) is 5.82. The van der Waals surface area contributed by atoms with Gasteiger partial charge < -0.3 is 10.2 Å². The summed E-state index contributed by atoms with van der Waals surface area (Å²) in [5.74, 6) is 0.800.